The lowest BCUT2D eigenvalue weighted by molar-refractivity contribution is 0.433. The van der Waals surface area contributed by atoms with Crippen LogP contribution in [0.5, 0.6) is 5.75 Å². The molecule has 1 aromatic heterocycles. The number of phenolic OH excluding ortho intramolecular Hbond substituents is 1. The van der Waals surface area contributed by atoms with Crippen LogP contribution in [0.15, 0.2) is 30.6 Å². The van der Waals surface area contributed by atoms with Gasteiger partial charge in [-0.25, -0.2) is 4.39 Å². The molecule has 0 fully saturated rings. The zero-order valence-electron chi connectivity index (χ0n) is 11.8. The number of nitrogens with zero attached hydrogens (tertiary/aromatic N) is 2. The monoisotopic (exact) mass is 276 g/mol. The Morgan fingerprint density at radius 2 is 1.95 bits per heavy atom. The van der Waals surface area contributed by atoms with Crippen LogP contribution < -0.4 is 0 Å². The molecular formula is C16H21FN2O. The Morgan fingerprint density at radius 1 is 1.15 bits per heavy atom. The molecule has 2 aromatic rings. The third-order valence-electron chi connectivity index (χ3n) is 3.40. The molecule has 0 aliphatic heterocycles. The summed E-state index contributed by atoms with van der Waals surface area (Å²) >= 11 is 0. The van der Waals surface area contributed by atoms with Gasteiger partial charge in [0, 0.05) is 18.3 Å². The Labute approximate surface area is 119 Å². The molecule has 0 atom stereocenters. The standard InChI is InChI=1S/C16H21FN2O/c1-2-3-4-5-6-9-19-12-14(11-18-19)13-7-8-15(17)16(20)10-13/h7-8,10-12,20H,2-6,9H2,1H3. The second-order valence-corrected chi connectivity index (χ2v) is 5.07. The fourth-order valence-electron chi connectivity index (χ4n) is 2.20. The van der Waals surface area contributed by atoms with Gasteiger partial charge in [-0.2, -0.15) is 5.10 Å². The number of phenols is 1. The molecule has 2 rings (SSSR count). The van der Waals surface area contributed by atoms with Gasteiger partial charge < -0.3 is 5.11 Å². The van der Waals surface area contributed by atoms with Gasteiger partial charge in [-0.05, 0) is 24.1 Å². The van der Waals surface area contributed by atoms with Crippen LogP contribution in [0.25, 0.3) is 11.1 Å². The summed E-state index contributed by atoms with van der Waals surface area (Å²) in [5.41, 5.74) is 1.68. The van der Waals surface area contributed by atoms with Crippen LogP contribution in [-0.2, 0) is 6.54 Å². The van der Waals surface area contributed by atoms with Crippen molar-refractivity contribution in [3.05, 3.63) is 36.4 Å². The Morgan fingerprint density at radius 3 is 2.70 bits per heavy atom. The van der Waals surface area contributed by atoms with Crippen LogP contribution >= 0.6 is 0 Å². The van der Waals surface area contributed by atoms with Crippen molar-refractivity contribution in [3.8, 4) is 16.9 Å². The third-order valence-corrected chi connectivity index (χ3v) is 3.40. The van der Waals surface area contributed by atoms with E-state index < -0.39 is 5.82 Å². The van der Waals surface area contributed by atoms with E-state index in [1.54, 1.807) is 12.3 Å². The molecule has 108 valence electrons. The highest BCUT2D eigenvalue weighted by Crippen LogP contribution is 2.25. The number of aryl methyl sites for hydroxylation is 1. The molecule has 3 nitrogen and oxygen atoms in total. The van der Waals surface area contributed by atoms with E-state index in [4.69, 9.17) is 0 Å². The van der Waals surface area contributed by atoms with E-state index in [1.807, 2.05) is 10.9 Å². The molecule has 0 saturated heterocycles. The lowest BCUT2D eigenvalue weighted by Crippen LogP contribution is -1.97. The molecule has 0 aliphatic carbocycles. The first-order chi connectivity index (χ1) is 9.70. The Balaban J connectivity index is 1.93. The first kappa shape index (κ1) is 14.6. The number of aromatic hydroxyl groups is 1. The van der Waals surface area contributed by atoms with Gasteiger partial charge in [0.25, 0.3) is 0 Å². The Hall–Kier alpha value is -1.84. The van der Waals surface area contributed by atoms with Crippen molar-refractivity contribution in [2.75, 3.05) is 0 Å². The molecule has 4 heteroatoms. The van der Waals surface area contributed by atoms with Crippen LogP contribution in [-0.4, -0.2) is 14.9 Å². The first-order valence-electron chi connectivity index (χ1n) is 7.22. The number of halogens is 1. The minimum Gasteiger partial charge on any atom is -0.505 e. The van der Waals surface area contributed by atoms with Crippen molar-refractivity contribution in [2.45, 2.75) is 45.6 Å². The topological polar surface area (TPSA) is 38.0 Å². The zero-order chi connectivity index (χ0) is 14.4. The van der Waals surface area contributed by atoms with Crippen molar-refractivity contribution >= 4 is 0 Å². The molecule has 1 heterocycles. The van der Waals surface area contributed by atoms with Gasteiger partial charge in [0.1, 0.15) is 0 Å². The number of unbranched alkanes of at least 4 members (excludes halogenated alkanes) is 4. The molecule has 0 unspecified atom stereocenters. The fourth-order valence-corrected chi connectivity index (χ4v) is 2.20. The highest BCUT2D eigenvalue weighted by molar-refractivity contribution is 5.63. The van der Waals surface area contributed by atoms with Crippen molar-refractivity contribution in [1.82, 2.24) is 9.78 Å². The van der Waals surface area contributed by atoms with Gasteiger partial charge in [-0.3, -0.25) is 4.68 Å². The highest BCUT2D eigenvalue weighted by atomic mass is 19.1. The van der Waals surface area contributed by atoms with E-state index >= 15 is 0 Å². The maximum atomic E-state index is 13.0. The quantitative estimate of drug-likeness (QED) is 0.763. The maximum Gasteiger partial charge on any atom is 0.164 e. The lowest BCUT2D eigenvalue weighted by Gasteiger charge is -2.01. The summed E-state index contributed by atoms with van der Waals surface area (Å²) in [4.78, 5) is 0. The van der Waals surface area contributed by atoms with Gasteiger partial charge in [0.2, 0.25) is 0 Å². The number of hydrogen-bond acceptors (Lipinski definition) is 2. The molecule has 1 N–H and O–H groups in total. The highest BCUT2D eigenvalue weighted by Gasteiger charge is 2.06. The molecule has 20 heavy (non-hydrogen) atoms. The van der Waals surface area contributed by atoms with E-state index in [0.717, 1.165) is 24.1 Å². The Bertz CT molecular complexity index is 551. The minimum absolute atomic E-state index is 0.324. The van der Waals surface area contributed by atoms with Crippen LogP contribution in [0.1, 0.15) is 39.0 Å². The van der Waals surface area contributed by atoms with Crippen molar-refractivity contribution in [1.29, 1.82) is 0 Å². The number of rotatable bonds is 7. The van der Waals surface area contributed by atoms with Crippen molar-refractivity contribution in [2.24, 2.45) is 0 Å². The summed E-state index contributed by atoms with van der Waals surface area (Å²) in [6.45, 7) is 3.11. The summed E-state index contributed by atoms with van der Waals surface area (Å²) < 4.78 is 14.9. The summed E-state index contributed by atoms with van der Waals surface area (Å²) in [7, 11) is 0. The maximum absolute atomic E-state index is 13.0. The van der Waals surface area contributed by atoms with E-state index in [9.17, 15) is 9.50 Å². The van der Waals surface area contributed by atoms with Crippen LogP contribution in [0.3, 0.4) is 0 Å². The van der Waals surface area contributed by atoms with E-state index in [1.165, 1.54) is 37.8 Å². The van der Waals surface area contributed by atoms with Gasteiger partial charge in [-0.15, -0.1) is 0 Å². The molecule has 0 aliphatic rings. The molecule has 0 radical (unpaired) electrons. The van der Waals surface area contributed by atoms with Crippen molar-refractivity contribution in [3.63, 3.8) is 0 Å². The molecule has 0 amide bonds. The average Bonchev–Trinajstić information content (AvgIpc) is 2.90. The molecule has 0 spiro atoms. The van der Waals surface area contributed by atoms with Crippen LogP contribution in [0.4, 0.5) is 4.39 Å². The molecule has 0 bridgehead atoms. The zero-order valence-corrected chi connectivity index (χ0v) is 11.8. The molecular weight excluding hydrogens is 255 g/mol. The largest absolute Gasteiger partial charge is 0.505 e. The Kier molecular flexibility index (Phi) is 5.16. The van der Waals surface area contributed by atoms with Crippen LogP contribution in [0.2, 0.25) is 0 Å². The number of aromatic nitrogens is 2. The van der Waals surface area contributed by atoms with Gasteiger partial charge in [0.15, 0.2) is 11.6 Å². The van der Waals surface area contributed by atoms with E-state index in [2.05, 4.69) is 12.0 Å². The predicted octanol–water partition coefficient (Wildman–Crippen LogP) is 4.37. The summed E-state index contributed by atoms with van der Waals surface area (Å²) in [5.74, 6) is -0.924. The summed E-state index contributed by atoms with van der Waals surface area (Å²) in [6.07, 6.45) is 9.84. The summed E-state index contributed by atoms with van der Waals surface area (Å²) in [6, 6.07) is 4.35. The van der Waals surface area contributed by atoms with Gasteiger partial charge in [0.05, 0.1) is 6.20 Å². The predicted molar refractivity (Wildman–Crippen MR) is 78.0 cm³/mol. The SMILES string of the molecule is CCCCCCCn1cc(-c2ccc(F)c(O)c2)cn1. The first-order valence-corrected chi connectivity index (χ1v) is 7.22. The lowest BCUT2D eigenvalue weighted by atomic mass is 10.1. The normalized spacial score (nSPS) is 10.9. The van der Waals surface area contributed by atoms with Gasteiger partial charge in [-0.1, -0.05) is 38.7 Å². The second-order valence-electron chi connectivity index (χ2n) is 5.07. The van der Waals surface area contributed by atoms with Crippen LogP contribution in [0, 0.1) is 5.82 Å². The molecule has 0 saturated carbocycles. The third kappa shape index (κ3) is 3.83. The fraction of sp³-hybridized carbons (Fsp3) is 0.438. The van der Waals surface area contributed by atoms with E-state index in [-0.39, 0.29) is 5.75 Å². The number of benzene rings is 1. The van der Waals surface area contributed by atoms with Gasteiger partial charge >= 0.3 is 0 Å². The summed E-state index contributed by atoms with van der Waals surface area (Å²) in [5, 5.41) is 13.7. The minimum atomic E-state index is -0.600. The van der Waals surface area contributed by atoms with Crippen molar-refractivity contribution < 1.29 is 9.50 Å². The number of hydrogen-bond donors (Lipinski definition) is 1. The van der Waals surface area contributed by atoms with E-state index in [0.29, 0.717) is 0 Å². The second kappa shape index (κ2) is 7.08. The average molecular weight is 276 g/mol. The molecule has 1 aromatic carbocycles. The smallest absolute Gasteiger partial charge is 0.164 e.